The van der Waals surface area contributed by atoms with Gasteiger partial charge in [0.2, 0.25) is 0 Å². The second kappa shape index (κ2) is 7.25. The molecular weight excluding hydrogens is 336 g/mol. The van der Waals surface area contributed by atoms with Crippen molar-refractivity contribution in [3.8, 4) is 17.1 Å². The minimum atomic E-state index is 0.177. The van der Waals surface area contributed by atoms with Gasteiger partial charge in [0, 0.05) is 16.5 Å². The normalized spacial score (nSPS) is 11.1. The Labute approximate surface area is 157 Å². The maximum absolute atomic E-state index is 9.85. The van der Waals surface area contributed by atoms with Crippen LogP contribution in [0, 0.1) is 6.92 Å². The average Bonchev–Trinajstić information content (AvgIpc) is 2.70. The molecule has 0 saturated carbocycles. The van der Waals surface area contributed by atoms with Crippen molar-refractivity contribution in [3.63, 3.8) is 0 Å². The third-order valence-corrected chi connectivity index (χ3v) is 4.22. The molecule has 0 aliphatic carbocycles. The van der Waals surface area contributed by atoms with Crippen LogP contribution in [0.1, 0.15) is 11.1 Å². The summed E-state index contributed by atoms with van der Waals surface area (Å²) in [6.45, 7) is 2.05. The molecule has 0 unspecified atom stereocenters. The summed E-state index contributed by atoms with van der Waals surface area (Å²) >= 11 is 0. The largest absolute Gasteiger partial charge is 0.507 e. The molecule has 27 heavy (non-hydrogen) atoms. The number of rotatable bonds is 4. The molecule has 0 bridgehead atoms. The molecule has 4 rings (SSSR count). The lowest BCUT2D eigenvalue weighted by molar-refractivity contribution is 0.474. The first-order valence-electron chi connectivity index (χ1n) is 8.61. The lowest BCUT2D eigenvalue weighted by atomic mass is 10.1. The number of aromatic nitrogens is 2. The number of nitrogens with zero attached hydrogens (tertiary/aromatic N) is 3. The molecule has 0 fully saturated rings. The zero-order valence-electron chi connectivity index (χ0n) is 14.8. The molecule has 0 saturated heterocycles. The van der Waals surface area contributed by atoms with E-state index in [1.807, 2.05) is 61.5 Å². The van der Waals surface area contributed by atoms with Crippen molar-refractivity contribution >= 4 is 22.9 Å². The minimum Gasteiger partial charge on any atom is -0.507 e. The highest BCUT2D eigenvalue weighted by Crippen LogP contribution is 2.25. The van der Waals surface area contributed by atoms with Crippen molar-refractivity contribution in [2.24, 2.45) is 5.10 Å². The monoisotopic (exact) mass is 354 g/mol. The molecule has 2 N–H and O–H groups in total. The molecule has 0 aliphatic heterocycles. The summed E-state index contributed by atoms with van der Waals surface area (Å²) in [4.78, 5) is 9.33. The van der Waals surface area contributed by atoms with Gasteiger partial charge in [-0.15, -0.1) is 0 Å². The van der Waals surface area contributed by atoms with Crippen molar-refractivity contribution in [2.45, 2.75) is 6.92 Å². The maximum Gasteiger partial charge on any atom is 0.162 e. The standard InChI is InChI=1S/C22H18N4O/c1-15-10-12-16(13-11-15)21-24-19-8-4-3-7-18(19)22(25-21)26-23-14-17-6-2-5-9-20(17)27/h2-14,27H,1H3,(H,24,25,26)/b23-14-. The summed E-state index contributed by atoms with van der Waals surface area (Å²) in [5.41, 5.74) is 6.58. The van der Waals surface area contributed by atoms with E-state index in [0.29, 0.717) is 17.2 Å². The van der Waals surface area contributed by atoms with Crippen LogP contribution in [0.3, 0.4) is 0 Å². The van der Waals surface area contributed by atoms with Crippen molar-refractivity contribution in [1.29, 1.82) is 0 Å². The predicted octanol–water partition coefficient (Wildman–Crippen LogP) is 4.76. The van der Waals surface area contributed by atoms with E-state index in [1.54, 1.807) is 24.4 Å². The summed E-state index contributed by atoms with van der Waals surface area (Å²) in [5.74, 6) is 1.42. The molecule has 1 heterocycles. The fourth-order valence-corrected chi connectivity index (χ4v) is 2.75. The predicted molar refractivity (Wildman–Crippen MR) is 109 cm³/mol. The van der Waals surface area contributed by atoms with Crippen LogP contribution in [0.2, 0.25) is 0 Å². The second-order valence-corrected chi connectivity index (χ2v) is 6.21. The first kappa shape index (κ1) is 16.7. The highest BCUT2D eigenvalue weighted by Gasteiger charge is 2.09. The smallest absolute Gasteiger partial charge is 0.162 e. The number of phenols is 1. The third kappa shape index (κ3) is 3.62. The number of phenolic OH excluding ortho intramolecular Hbond substituents is 1. The molecule has 0 aliphatic rings. The molecule has 132 valence electrons. The van der Waals surface area contributed by atoms with Gasteiger partial charge in [-0.05, 0) is 31.2 Å². The van der Waals surface area contributed by atoms with E-state index in [4.69, 9.17) is 0 Å². The Morgan fingerprint density at radius 3 is 2.44 bits per heavy atom. The van der Waals surface area contributed by atoms with Crippen molar-refractivity contribution in [3.05, 3.63) is 83.9 Å². The number of nitrogens with one attached hydrogen (secondary N) is 1. The number of aryl methyl sites for hydroxylation is 1. The van der Waals surface area contributed by atoms with Crippen LogP contribution in [-0.2, 0) is 0 Å². The van der Waals surface area contributed by atoms with Gasteiger partial charge in [-0.25, -0.2) is 9.97 Å². The number of hydrogen-bond donors (Lipinski definition) is 2. The molecule has 1 aromatic heterocycles. The van der Waals surface area contributed by atoms with Crippen LogP contribution < -0.4 is 5.43 Å². The minimum absolute atomic E-state index is 0.177. The second-order valence-electron chi connectivity index (χ2n) is 6.21. The first-order valence-corrected chi connectivity index (χ1v) is 8.61. The Bertz CT molecular complexity index is 1120. The van der Waals surface area contributed by atoms with E-state index < -0.39 is 0 Å². The number of hydrogen-bond acceptors (Lipinski definition) is 5. The van der Waals surface area contributed by atoms with E-state index in [2.05, 4.69) is 20.5 Å². The quantitative estimate of drug-likeness (QED) is 0.410. The van der Waals surface area contributed by atoms with Crippen LogP contribution in [-0.4, -0.2) is 21.3 Å². The maximum atomic E-state index is 9.85. The molecule has 3 aromatic carbocycles. The van der Waals surface area contributed by atoms with E-state index in [9.17, 15) is 5.11 Å². The van der Waals surface area contributed by atoms with Crippen LogP contribution in [0.4, 0.5) is 5.82 Å². The van der Waals surface area contributed by atoms with E-state index in [0.717, 1.165) is 16.5 Å². The van der Waals surface area contributed by atoms with Crippen LogP contribution in [0.5, 0.6) is 5.75 Å². The number of hydrazone groups is 1. The summed E-state index contributed by atoms with van der Waals surface area (Å²) in [5, 5.41) is 15.0. The zero-order valence-corrected chi connectivity index (χ0v) is 14.8. The number of benzene rings is 3. The zero-order chi connectivity index (χ0) is 18.6. The molecule has 0 amide bonds. The Hall–Kier alpha value is -3.73. The molecule has 0 spiro atoms. The summed E-state index contributed by atoms with van der Waals surface area (Å²) in [7, 11) is 0. The highest BCUT2D eigenvalue weighted by molar-refractivity contribution is 5.91. The van der Waals surface area contributed by atoms with E-state index in [-0.39, 0.29) is 5.75 Å². The lowest BCUT2D eigenvalue weighted by Gasteiger charge is -2.08. The topological polar surface area (TPSA) is 70.4 Å². The van der Waals surface area contributed by atoms with Gasteiger partial charge in [-0.1, -0.05) is 54.1 Å². The lowest BCUT2D eigenvalue weighted by Crippen LogP contribution is -1.99. The first-order chi connectivity index (χ1) is 13.2. The SMILES string of the molecule is Cc1ccc(-c2nc(N/N=C\c3ccccc3O)c3ccccc3n2)cc1. The van der Waals surface area contributed by atoms with Crippen LogP contribution >= 0.6 is 0 Å². The molecule has 5 nitrogen and oxygen atoms in total. The van der Waals surface area contributed by atoms with Gasteiger partial charge in [0.1, 0.15) is 5.75 Å². The Morgan fingerprint density at radius 2 is 1.63 bits per heavy atom. The van der Waals surface area contributed by atoms with Gasteiger partial charge in [0.05, 0.1) is 11.7 Å². The fraction of sp³-hybridized carbons (Fsp3) is 0.0455. The van der Waals surface area contributed by atoms with Gasteiger partial charge in [0.15, 0.2) is 11.6 Å². The number of fused-ring (bicyclic) bond motifs is 1. The van der Waals surface area contributed by atoms with Gasteiger partial charge in [-0.2, -0.15) is 5.10 Å². The number of aromatic hydroxyl groups is 1. The fourth-order valence-electron chi connectivity index (χ4n) is 2.75. The molecule has 0 radical (unpaired) electrons. The van der Waals surface area contributed by atoms with Gasteiger partial charge in [0.25, 0.3) is 0 Å². The van der Waals surface area contributed by atoms with Crippen molar-refractivity contribution in [2.75, 3.05) is 5.43 Å². The van der Waals surface area contributed by atoms with Gasteiger partial charge >= 0.3 is 0 Å². The summed E-state index contributed by atoms with van der Waals surface area (Å²) < 4.78 is 0. The van der Waals surface area contributed by atoms with Gasteiger partial charge < -0.3 is 5.11 Å². The summed E-state index contributed by atoms with van der Waals surface area (Å²) in [6.07, 6.45) is 1.57. The van der Waals surface area contributed by atoms with Crippen LogP contribution in [0.15, 0.2) is 77.9 Å². The Balaban J connectivity index is 1.72. The number of anilines is 1. The molecule has 5 heteroatoms. The van der Waals surface area contributed by atoms with E-state index in [1.165, 1.54) is 5.56 Å². The van der Waals surface area contributed by atoms with E-state index >= 15 is 0 Å². The molecule has 0 atom stereocenters. The Morgan fingerprint density at radius 1 is 0.889 bits per heavy atom. The molecular formula is C22H18N4O. The van der Waals surface area contributed by atoms with Crippen LogP contribution in [0.25, 0.3) is 22.3 Å². The van der Waals surface area contributed by atoms with Gasteiger partial charge in [-0.3, -0.25) is 5.43 Å². The average molecular weight is 354 g/mol. The number of para-hydroxylation sites is 2. The third-order valence-electron chi connectivity index (χ3n) is 4.22. The Kier molecular flexibility index (Phi) is 4.49. The highest BCUT2D eigenvalue weighted by atomic mass is 16.3. The van der Waals surface area contributed by atoms with Crippen molar-refractivity contribution in [1.82, 2.24) is 9.97 Å². The summed E-state index contributed by atoms with van der Waals surface area (Å²) in [6, 6.07) is 22.9. The molecule has 4 aromatic rings. The van der Waals surface area contributed by atoms with Crippen molar-refractivity contribution < 1.29 is 5.11 Å².